The monoisotopic (exact) mass is 312 g/mol. The van der Waals surface area contributed by atoms with Crippen LogP contribution in [0.15, 0.2) is 16.6 Å². The van der Waals surface area contributed by atoms with E-state index < -0.39 is 8.07 Å². The number of methoxy groups -OCH3 is 2. The van der Waals surface area contributed by atoms with E-state index in [4.69, 9.17) is 9.47 Å². The van der Waals surface area contributed by atoms with Crippen LogP contribution in [0.1, 0.15) is 5.56 Å². The summed E-state index contributed by atoms with van der Waals surface area (Å²) >= 11 is 3.43. The predicted molar refractivity (Wildman–Crippen MR) is 77.5 cm³/mol. The molecule has 0 heterocycles. The first-order valence-electron chi connectivity index (χ1n) is 5.32. The van der Waals surface area contributed by atoms with Crippen LogP contribution in [0.5, 0.6) is 11.5 Å². The van der Waals surface area contributed by atoms with Crippen LogP contribution in [-0.4, -0.2) is 22.3 Å². The zero-order valence-corrected chi connectivity index (χ0v) is 13.4. The predicted octanol–water partition coefficient (Wildman–Crippen LogP) is 3.70. The van der Waals surface area contributed by atoms with Crippen LogP contribution in [0, 0.1) is 11.5 Å². The number of hydrogen-bond donors (Lipinski definition) is 0. The van der Waals surface area contributed by atoms with Crippen molar-refractivity contribution in [2.45, 2.75) is 19.6 Å². The van der Waals surface area contributed by atoms with Gasteiger partial charge in [0.05, 0.1) is 24.3 Å². The maximum Gasteiger partial charge on any atom is 0.135 e. The van der Waals surface area contributed by atoms with Gasteiger partial charge in [-0.1, -0.05) is 25.6 Å². The largest absolute Gasteiger partial charge is 0.496 e. The molecule has 0 fully saturated rings. The summed E-state index contributed by atoms with van der Waals surface area (Å²) in [4.78, 5) is 0. The summed E-state index contributed by atoms with van der Waals surface area (Å²) in [6.07, 6.45) is 0. The Balaban J connectivity index is 3.25. The third-order valence-corrected chi connectivity index (χ3v) is 3.54. The fourth-order valence-electron chi connectivity index (χ4n) is 1.21. The standard InChI is InChI=1S/C13H17BrO2Si/c1-15-12-9-11(14)13(16-2)8-10(12)6-7-17(3,4)5/h8-9H,1-5H3. The van der Waals surface area contributed by atoms with Crippen LogP contribution in [0.3, 0.4) is 0 Å². The van der Waals surface area contributed by atoms with E-state index in [1.54, 1.807) is 14.2 Å². The van der Waals surface area contributed by atoms with Crippen LogP contribution in [0.2, 0.25) is 19.6 Å². The lowest BCUT2D eigenvalue weighted by molar-refractivity contribution is 0.400. The SMILES string of the molecule is COc1cc(C#C[Si](C)(C)C)c(OC)cc1Br. The lowest BCUT2D eigenvalue weighted by Gasteiger charge is -2.09. The molecule has 0 aromatic heterocycles. The van der Waals surface area contributed by atoms with Gasteiger partial charge in [-0.05, 0) is 22.0 Å². The minimum Gasteiger partial charge on any atom is -0.496 e. The van der Waals surface area contributed by atoms with Crippen LogP contribution in [0.4, 0.5) is 0 Å². The van der Waals surface area contributed by atoms with Crippen molar-refractivity contribution in [3.8, 4) is 23.0 Å². The summed E-state index contributed by atoms with van der Waals surface area (Å²) in [5, 5.41) is 0. The van der Waals surface area contributed by atoms with E-state index >= 15 is 0 Å². The van der Waals surface area contributed by atoms with Gasteiger partial charge in [0.1, 0.15) is 19.6 Å². The van der Waals surface area contributed by atoms with Gasteiger partial charge in [-0.3, -0.25) is 0 Å². The topological polar surface area (TPSA) is 18.5 Å². The quantitative estimate of drug-likeness (QED) is 0.612. The molecule has 4 heteroatoms. The Kier molecular flexibility index (Phi) is 4.67. The van der Waals surface area contributed by atoms with Gasteiger partial charge in [0, 0.05) is 6.07 Å². The number of rotatable bonds is 2. The molecule has 0 N–H and O–H groups in total. The molecule has 0 amide bonds. The molecule has 1 rings (SSSR count). The molecule has 92 valence electrons. The molecular weight excluding hydrogens is 296 g/mol. The van der Waals surface area contributed by atoms with Gasteiger partial charge in [0.2, 0.25) is 0 Å². The Hall–Kier alpha value is -0.923. The van der Waals surface area contributed by atoms with Crippen molar-refractivity contribution in [2.75, 3.05) is 14.2 Å². The summed E-state index contributed by atoms with van der Waals surface area (Å²) in [5.74, 6) is 4.73. The van der Waals surface area contributed by atoms with Crippen molar-refractivity contribution in [1.82, 2.24) is 0 Å². The van der Waals surface area contributed by atoms with E-state index in [9.17, 15) is 0 Å². The van der Waals surface area contributed by atoms with Crippen molar-refractivity contribution in [1.29, 1.82) is 0 Å². The minimum atomic E-state index is -1.39. The average Bonchev–Trinajstić information content (AvgIpc) is 2.25. The van der Waals surface area contributed by atoms with E-state index in [2.05, 4.69) is 47.0 Å². The molecule has 17 heavy (non-hydrogen) atoms. The van der Waals surface area contributed by atoms with Gasteiger partial charge in [0.15, 0.2) is 0 Å². The van der Waals surface area contributed by atoms with E-state index in [1.165, 1.54) is 0 Å². The van der Waals surface area contributed by atoms with Crippen molar-refractivity contribution in [3.05, 3.63) is 22.2 Å². The highest BCUT2D eigenvalue weighted by atomic mass is 79.9. The van der Waals surface area contributed by atoms with Crippen molar-refractivity contribution < 1.29 is 9.47 Å². The molecule has 2 nitrogen and oxygen atoms in total. The molecule has 0 saturated heterocycles. The second kappa shape index (κ2) is 5.61. The van der Waals surface area contributed by atoms with E-state index in [1.807, 2.05) is 12.1 Å². The van der Waals surface area contributed by atoms with E-state index in [0.29, 0.717) is 0 Å². The van der Waals surface area contributed by atoms with Crippen LogP contribution in [0.25, 0.3) is 0 Å². The summed E-state index contributed by atoms with van der Waals surface area (Å²) in [6.45, 7) is 6.63. The highest BCUT2D eigenvalue weighted by molar-refractivity contribution is 9.10. The second-order valence-corrected chi connectivity index (χ2v) is 10.3. The molecule has 0 aliphatic rings. The van der Waals surface area contributed by atoms with Gasteiger partial charge < -0.3 is 9.47 Å². The van der Waals surface area contributed by atoms with Crippen LogP contribution < -0.4 is 9.47 Å². The third-order valence-electron chi connectivity index (χ3n) is 2.05. The number of benzene rings is 1. The van der Waals surface area contributed by atoms with Crippen LogP contribution in [-0.2, 0) is 0 Å². The fourth-order valence-corrected chi connectivity index (χ4v) is 2.21. The molecule has 0 bridgehead atoms. The average molecular weight is 313 g/mol. The Bertz CT molecular complexity index is 467. The maximum absolute atomic E-state index is 5.32. The Labute approximate surface area is 112 Å². The number of ether oxygens (including phenoxy) is 2. The van der Waals surface area contributed by atoms with Crippen molar-refractivity contribution >= 4 is 24.0 Å². The van der Waals surface area contributed by atoms with Gasteiger partial charge in [-0.25, -0.2) is 0 Å². The number of halogens is 1. The second-order valence-electron chi connectivity index (χ2n) is 4.69. The molecule has 0 radical (unpaired) electrons. The van der Waals surface area contributed by atoms with Gasteiger partial charge in [-0.15, -0.1) is 5.54 Å². The number of hydrogen-bond acceptors (Lipinski definition) is 2. The molecule has 0 unspecified atom stereocenters. The molecule has 0 saturated carbocycles. The smallest absolute Gasteiger partial charge is 0.135 e. The Morgan fingerprint density at radius 2 is 1.65 bits per heavy atom. The highest BCUT2D eigenvalue weighted by Gasteiger charge is 2.10. The maximum atomic E-state index is 5.32. The van der Waals surface area contributed by atoms with Gasteiger partial charge in [0.25, 0.3) is 0 Å². The molecule has 0 aliphatic carbocycles. The summed E-state index contributed by atoms with van der Waals surface area (Å²) < 4.78 is 11.4. The van der Waals surface area contributed by atoms with E-state index in [0.717, 1.165) is 21.5 Å². The van der Waals surface area contributed by atoms with Crippen molar-refractivity contribution in [2.24, 2.45) is 0 Å². The molecule has 0 aliphatic heterocycles. The first-order valence-corrected chi connectivity index (χ1v) is 9.61. The highest BCUT2D eigenvalue weighted by Crippen LogP contribution is 2.32. The first kappa shape index (κ1) is 14.1. The Morgan fingerprint density at radius 1 is 1.06 bits per heavy atom. The molecule has 0 spiro atoms. The summed E-state index contributed by atoms with van der Waals surface area (Å²) in [7, 11) is 1.90. The molecule has 1 aromatic rings. The lowest BCUT2D eigenvalue weighted by atomic mass is 10.2. The normalized spacial score (nSPS) is 10.5. The third kappa shape index (κ3) is 4.10. The van der Waals surface area contributed by atoms with Crippen molar-refractivity contribution in [3.63, 3.8) is 0 Å². The van der Waals surface area contributed by atoms with Gasteiger partial charge >= 0.3 is 0 Å². The zero-order chi connectivity index (χ0) is 13.1. The lowest BCUT2D eigenvalue weighted by Crippen LogP contribution is -2.16. The van der Waals surface area contributed by atoms with Gasteiger partial charge in [-0.2, -0.15) is 0 Å². The zero-order valence-electron chi connectivity index (χ0n) is 10.8. The first-order chi connectivity index (χ1) is 7.87. The van der Waals surface area contributed by atoms with E-state index in [-0.39, 0.29) is 0 Å². The molecule has 1 aromatic carbocycles. The molecular formula is C13H17BrO2Si. The Morgan fingerprint density at radius 3 is 2.12 bits per heavy atom. The summed E-state index contributed by atoms with van der Waals surface area (Å²) in [5.41, 5.74) is 4.19. The summed E-state index contributed by atoms with van der Waals surface area (Å²) in [6, 6.07) is 3.78. The minimum absolute atomic E-state index is 0.767. The van der Waals surface area contributed by atoms with Crippen LogP contribution >= 0.6 is 15.9 Å². The molecule has 0 atom stereocenters. The fraction of sp³-hybridized carbons (Fsp3) is 0.385.